The van der Waals surface area contributed by atoms with Gasteiger partial charge in [0.05, 0.1) is 0 Å². The average Bonchev–Trinajstić information content (AvgIpc) is 3.14. The molecule has 3 aliphatic rings. The normalized spacial score (nSPS) is 25.0. The third kappa shape index (κ3) is 4.77. The van der Waals surface area contributed by atoms with Gasteiger partial charge >= 0.3 is 35.6 Å². The number of anilines is 2. The van der Waals surface area contributed by atoms with Crippen LogP contribution in [0.15, 0.2) is 71.8 Å². The van der Waals surface area contributed by atoms with Crippen LogP contribution in [0.2, 0.25) is 18.6 Å². The van der Waals surface area contributed by atoms with E-state index in [4.69, 9.17) is 23.9 Å². The van der Waals surface area contributed by atoms with Crippen molar-refractivity contribution in [2.75, 3.05) is 4.57 Å². The van der Waals surface area contributed by atoms with Crippen molar-refractivity contribution in [3.8, 4) is 0 Å². The fourth-order valence-corrected chi connectivity index (χ4v) is 10.6. The first kappa shape index (κ1) is 26.6. The van der Waals surface area contributed by atoms with Crippen molar-refractivity contribution in [1.82, 2.24) is 0 Å². The predicted octanol–water partition coefficient (Wildman–Crippen LogP) is 10.1. The molecular weight excluding hydrogens is 499 g/mol. The Morgan fingerprint density at radius 3 is 1.85 bits per heavy atom. The van der Waals surface area contributed by atoms with Crippen molar-refractivity contribution < 1.29 is 17.0 Å². The minimum atomic E-state index is -1.89. The summed E-state index contributed by atoms with van der Waals surface area (Å²) in [6.45, 7) is 12.4. The molecule has 2 aliphatic carbocycles. The van der Waals surface area contributed by atoms with E-state index < -0.39 is 25.3 Å². The molecule has 0 amide bonds. The van der Waals surface area contributed by atoms with Crippen LogP contribution in [0.1, 0.15) is 27.2 Å². The second-order valence-corrected chi connectivity index (χ2v) is 16.9. The van der Waals surface area contributed by atoms with Crippen LogP contribution in [0.25, 0.3) is 5.32 Å². The first-order valence-electron chi connectivity index (χ1n) is 11.3. The van der Waals surface area contributed by atoms with E-state index in [0.29, 0.717) is 11.8 Å². The molecule has 0 radical (unpaired) electrons. The standard InChI is InChI=1S/C26H31N2Si.CH3.2ClH.Ti/c1-17-14-15-18(2)26-24(16-19(3)25(17)26)29(4,5)28-22-12-8-6-10-20(22)27-21-11-7-9-13-23(21)28;;;;/h6-15,19,24-26H,16H2,1-5H3;1H3;2*1H;/q2*-1;;;+2/p-2/t19-,24?,25-,26+;;;;/m0..../s1. The number of rotatable bonds is 2. The van der Waals surface area contributed by atoms with Gasteiger partial charge in [-0.2, -0.15) is 0 Å². The summed E-state index contributed by atoms with van der Waals surface area (Å²) in [4.78, 5) is 0. The number of benzene rings is 2. The van der Waals surface area contributed by atoms with Gasteiger partial charge in [-0.05, 0) is 55.7 Å². The average molecular weight is 533 g/mol. The van der Waals surface area contributed by atoms with Crippen molar-refractivity contribution in [1.29, 1.82) is 0 Å². The molecule has 6 heteroatoms. The monoisotopic (exact) mass is 532 g/mol. The molecule has 0 bridgehead atoms. The van der Waals surface area contributed by atoms with Gasteiger partial charge in [-0.25, -0.2) is 0 Å². The molecule has 0 saturated heterocycles. The van der Waals surface area contributed by atoms with E-state index in [1.807, 2.05) is 0 Å². The van der Waals surface area contributed by atoms with Gasteiger partial charge in [-0.1, -0.05) is 79.7 Å². The molecule has 2 aromatic carbocycles. The van der Waals surface area contributed by atoms with Gasteiger partial charge in [0.25, 0.3) is 0 Å². The molecule has 176 valence electrons. The van der Waals surface area contributed by atoms with Crippen LogP contribution in [-0.2, 0) is 17.0 Å². The van der Waals surface area contributed by atoms with E-state index in [1.165, 1.54) is 17.8 Å². The molecule has 1 saturated carbocycles. The molecule has 2 aromatic rings. The quantitative estimate of drug-likeness (QED) is 0.277. The van der Waals surface area contributed by atoms with E-state index in [-0.39, 0.29) is 7.43 Å². The van der Waals surface area contributed by atoms with Gasteiger partial charge in [0, 0.05) is 11.4 Å². The Bertz CT molecular complexity index is 1010. The molecule has 5 rings (SSSR count). The van der Waals surface area contributed by atoms with Crippen LogP contribution in [-0.4, -0.2) is 8.24 Å². The van der Waals surface area contributed by atoms with Gasteiger partial charge < -0.3 is 17.3 Å². The maximum absolute atomic E-state index is 4.98. The zero-order valence-corrected chi connectivity index (χ0v) is 24.5. The van der Waals surface area contributed by atoms with E-state index in [2.05, 4.69) is 99.1 Å². The summed E-state index contributed by atoms with van der Waals surface area (Å²) in [6, 6.07) is 17.4. The predicted molar refractivity (Wildman–Crippen MR) is 145 cm³/mol. The summed E-state index contributed by atoms with van der Waals surface area (Å²) in [5, 5.41) is 4.98. The first-order chi connectivity index (χ1) is 15.3. The Balaban J connectivity index is 0.000000728. The SMILES string of the molecule is CC1=CC=C(C)[C@@H]2C([Si](C)(C)N3c4ccccc4[N-]c4ccccc43)C[C@H](C)[C@H]12.[CH3-].[Cl][Ti][Cl]. The summed E-state index contributed by atoms with van der Waals surface area (Å²) in [5.41, 5.74) is 8.70. The van der Waals surface area contributed by atoms with Gasteiger partial charge in [0.2, 0.25) is 0 Å². The Kier molecular flexibility index (Phi) is 8.67. The van der Waals surface area contributed by atoms with Crippen LogP contribution in [0.3, 0.4) is 0 Å². The van der Waals surface area contributed by atoms with Crippen molar-refractivity contribution in [2.24, 2.45) is 17.8 Å². The second-order valence-electron chi connectivity index (χ2n) is 9.84. The molecule has 1 aliphatic heterocycles. The van der Waals surface area contributed by atoms with E-state index >= 15 is 0 Å². The Morgan fingerprint density at radius 2 is 1.33 bits per heavy atom. The fraction of sp³-hybridized carbons (Fsp3) is 0.370. The van der Waals surface area contributed by atoms with Crippen molar-refractivity contribution >= 4 is 49.6 Å². The third-order valence-electron chi connectivity index (χ3n) is 7.69. The van der Waals surface area contributed by atoms with Gasteiger partial charge in [-0.15, -0.1) is 11.4 Å². The van der Waals surface area contributed by atoms with E-state index in [1.54, 1.807) is 11.1 Å². The molecular formula is C27H34Cl2N2SiTi-2. The summed E-state index contributed by atoms with van der Waals surface area (Å²) >= 11 is -0.556. The summed E-state index contributed by atoms with van der Waals surface area (Å²) < 4.78 is 2.73. The molecule has 0 spiro atoms. The van der Waals surface area contributed by atoms with Crippen LogP contribution in [0, 0.1) is 25.2 Å². The van der Waals surface area contributed by atoms with E-state index in [0.717, 1.165) is 22.8 Å². The van der Waals surface area contributed by atoms with Crippen molar-refractivity contribution in [2.45, 2.75) is 45.8 Å². The van der Waals surface area contributed by atoms with Gasteiger partial charge in [-0.3, -0.25) is 0 Å². The van der Waals surface area contributed by atoms with E-state index in [9.17, 15) is 0 Å². The van der Waals surface area contributed by atoms with Crippen LogP contribution in [0.5, 0.6) is 0 Å². The molecule has 33 heavy (non-hydrogen) atoms. The Labute approximate surface area is 218 Å². The third-order valence-corrected chi connectivity index (χ3v) is 11.7. The number of para-hydroxylation sites is 4. The van der Waals surface area contributed by atoms with Crippen LogP contribution in [0.4, 0.5) is 22.7 Å². The van der Waals surface area contributed by atoms with Gasteiger partial charge in [0.15, 0.2) is 8.24 Å². The number of allylic oxidation sites excluding steroid dienone is 4. The summed E-state index contributed by atoms with van der Waals surface area (Å²) in [5.74, 6) is 2.13. The number of halogens is 2. The molecule has 1 unspecified atom stereocenters. The number of fused-ring (bicyclic) bond motifs is 3. The Morgan fingerprint density at radius 1 is 0.879 bits per heavy atom. The van der Waals surface area contributed by atoms with Gasteiger partial charge in [0.1, 0.15) is 0 Å². The second kappa shape index (κ2) is 10.7. The number of hydrogen-bond donors (Lipinski definition) is 0. The van der Waals surface area contributed by atoms with Crippen LogP contribution >= 0.6 is 18.6 Å². The van der Waals surface area contributed by atoms with Crippen molar-refractivity contribution in [3.05, 3.63) is 84.6 Å². The minimum absolute atomic E-state index is 0. The molecule has 2 nitrogen and oxygen atoms in total. The number of hydrogen-bond acceptors (Lipinski definition) is 1. The first-order valence-corrected chi connectivity index (χ1v) is 18.6. The molecule has 4 atom stereocenters. The maximum atomic E-state index is 4.98. The zero-order chi connectivity index (χ0) is 23.0. The number of nitrogens with zero attached hydrogens (tertiary/aromatic N) is 2. The van der Waals surface area contributed by atoms with Crippen LogP contribution < -0.4 is 4.57 Å². The molecule has 1 heterocycles. The summed E-state index contributed by atoms with van der Waals surface area (Å²) in [6.07, 6.45) is 6.08. The molecule has 0 N–H and O–H groups in total. The molecule has 0 aromatic heterocycles. The topological polar surface area (TPSA) is 17.3 Å². The summed E-state index contributed by atoms with van der Waals surface area (Å²) in [7, 11) is 7.89. The molecule has 1 fully saturated rings. The zero-order valence-electron chi connectivity index (χ0n) is 20.4. The Hall–Kier alpha value is -0.969. The fourth-order valence-electron chi connectivity index (χ4n) is 6.39. The van der Waals surface area contributed by atoms with Crippen molar-refractivity contribution in [3.63, 3.8) is 0 Å².